The Labute approximate surface area is 177 Å². The smallest absolute Gasteiger partial charge is 0.180 e. The van der Waals surface area contributed by atoms with E-state index in [4.69, 9.17) is 9.97 Å². The lowest BCUT2D eigenvalue weighted by atomic mass is 9.97. The van der Waals surface area contributed by atoms with Crippen LogP contribution in [0.4, 0.5) is 5.82 Å². The predicted molar refractivity (Wildman–Crippen MR) is 116 cm³/mol. The summed E-state index contributed by atoms with van der Waals surface area (Å²) in [7, 11) is 0. The van der Waals surface area contributed by atoms with E-state index in [9.17, 15) is 0 Å². The first kappa shape index (κ1) is 19.2. The van der Waals surface area contributed by atoms with Gasteiger partial charge in [0.2, 0.25) is 0 Å². The number of aromatic nitrogens is 6. The minimum Gasteiger partial charge on any atom is -0.356 e. The van der Waals surface area contributed by atoms with Gasteiger partial charge >= 0.3 is 0 Å². The highest BCUT2D eigenvalue weighted by atomic mass is 15.3. The van der Waals surface area contributed by atoms with Gasteiger partial charge in [0.25, 0.3) is 0 Å². The zero-order valence-corrected chi connectivity index (χ0v) is 17.7. The van der Waals surface area contributed by atoms with Crippen molar-refractivity contribution in [3.8, 4) is 11.5 Å². The van der Waals surface area contributed by atoms with E-state index in [1.165, 1.54) is 30.9 Å². The topological polar surface area (TPSA) is 72.6 Å². The molecule has 0 spiro atoms. The van der Waals surface area contributed by atoms with Crippen LogP contribution in [0.5, 0.6) is 0 Å². The van der Waals surface area contributed by atoms with E-state index in [2.05, 4.69) is 37.6 Å². The van der Waals surface area contributed by atoms with E-state index in [0.717, 1.165) is 62.5 Å². The summed E-state index contributed by atoms with van der Waals surface area (Å²) in [5, 5.41) is 9.17. The van der Waals surface area contributed by atoms with Crippen LogP contribution >= 0.6 is 0 Å². The Morgan fingerprint density at radius 3 is 2.87 bits per heavy atom. The number of rotatable bonds is 4. The van der Waals surface area contributed by atoms with Gasteiger partial charge < -0.3 is 9.47 Å². The van der Waals surface area contributed by atoms with Crippen molar-refractivity contribution >= 4 is 5.82 Å². The van der Waals surface area contributed by atoms with Crippen LogP contribution in [0.15, 0.2) is 30.5 Å². The molecule has 2 aliphatic rings. The molecule has 0 aromatic carbocycles. The van der Waals surface area contributed by atoms with E-state index in [1.54, 1.807) is 6.20 Å². The molecule has 0 aliphatic carbocycles. The first-order chi connectivity index (χ1) is 14.8. The van der Waals surface area contributed by atoms with Crippen molar-refractivity contribution in [3.63, 3.8) is 0 Å². The number of pyridine rings is 1. The quantitative estimate of drug-likeness (QED) is 0.660. The molecule has 3 aromatic rings. The van der Waals surface area contributed by atoms with Gasteiger partial charge in [-0.2, -0.15) is 0 Å². The van der Waals surface area contributed by atoms with Crippen LogP contribution in [-0.4, -0.2) is 42.8 Å². The molecule has 1 atom stereocenters. The van der Waals surface area contributed by atoms with Crippen molar-refractivity contribution in [2.45, 2.75) is 64.3 Å². The lowest BCUT2D eigenvalue weighted by molar-refractivity contribution is 0.463. The zero-order valence-electron chi connectivity index (χ0n) is 17.7. The molecular weight excluding hydrogens is 374 g/mol. The Balaban J connectivity index is 1.43. The summed E-state index contributed by atoms with van der Waals surface area (Å²) in [6, 6.07) is 8.02. The van der Waals surface area contributed by atoms with Crippen LogP contribution in [0.25, 0.3) is 11.5 Å². The zero-order chi connectivity index (χ0) is 20.3. The molecule has 0 saturated carbocycles. The maximum absolute atomic E-state index is 4.90. The first-order valence-electron chi connectivity index (χ1n) is 11.3. The van der Waals surface area contributed by atoms with Gasteiger partial charge in [0.15, 0.2) is 5.82 Å². The summed E-state index contributed by atoms with van der Waals surface area (Å²) in [5.74, 6) is 4.46. The average molecular weight is 404 g/mol. The fraction of sp³-hybridized carbons (Fsp3) is 0.522. The summed E-state index contributed by atoms with van der Waals surface area (Å²) in [4.78, 5) is 16.5. The molecule has 1 unspecified atom stereocenters. The number of anilines is 1. The Morgan fingerprint density at radius 1 is 1.03 bits per heavy atom. The van der Waals surface area contributed by atoms with E-state index in [0.29, 0.717) is 11.7 Å². The SMILES string of the molecule is CCc1cc(N2CCCC(c3nnc4n3CCCCC4)C2)nc(-c2ccccn2)n1. The summed E-state index contributed by atoms with van der Waals surface area (Å²) < 4.78 is 2.40. The van der Waals surface area contributed by atoms with Crippen molar-refractivity contribution in [3.05, 3.63) is 47.8 Å². The second-order valence-corrected chi connectivity index (χ2v) is 8.33. The fourth-order valence-electron chi connectivity index (χ4n) is 4.64. The molecule has 5 rings (SSSR count). The lowest BCUT2D eigenvalue weighted by Gasteiger charge is -2.33. The first-order valence-corrected chi connectivity index (χ1v) is 11.3. The molecule has 156 valence electrons. The van der Waals surface area contributed by atoms with Gasteiger partial charge in [-0.3, -0.25) is 4.98 Å². The molecule has 1 saturated heterocycles. The Kier molecular flexibility index (Phi) is 5.43. The molecular formula is C23H29N7. The lowest BCUT2D eigenvalue weighted by Crippen LogP contribution is -2.36. The Morgan fingerprint density at radius 2 is 2.00 bits per heavy atom. The molecule has 7 nitrogen and oxygen atoms in total. The highest BCUT2D eigenvalue weighted by Crippen LogP contribution is 2.31. The van der Waals surface area contributed by atoms with Crippen molar-refractivity contribution in [1.82, 2.24) is 29.7 Å². The van der Waals surface area contributed by atoms with Crippen molar-refractivity contribution in [2.75, 3.05) is 18.0 Å². The normalized spacial score (nSPS) is 19.4. The molecule has 0 radical (unpaired) electrons. The molecule has 5 heterocycles. The number of aryl methyl sites for hydroxylation is 2. The number of hydrogen-bond donors (Lipinski definition) is 0. The summed E-state index contributed by atoms with van der Waals surface area (Å²) >= 11 is 0. The van der Waals surface area contributed by atoms with E-state index >= 15 is 0 Å². The molecule has 0 amide bonds. The van der Waals surface area contributed by atoms with Gasteiger partial charge in [0.1, 0.15) is 23.2 Å². The van der Waals surface area contributed by atoms with Gasteiger partial charge in [0, 0.05) is 49.9 Å². The molecule has 7 heteroatoms. The Bertz CT molecular complexity index is 998. The second-order valence-electron chi connectivity index (χ2n) is 8.33. The highest BCUT2D eigenvalue weighted by molar-refractivity contribution is 5.54. The van der Waals surface area contributed by atoms with E-state index in [-0.39, 0.29) is 0 Å². The van der Waals surface area contributed by atoms with E-state index < -0.39 is 0 Å². The van der Waals surface area contributed by atoms with Gasteiger partial charge in [-0.1, -0.05) is 19.4 Å². The summed E-state index contributed by atoms with van der Waals surface area (Å²) in [6.07, 6.45) is 9.78. The van der Waals surface area contributed by atoms with Gasteiger partial charge in [-0.25, -0.2) is 9.97 Å². The third-order valence-corrected chi connectivity index (χ3v) is 6.27. The monoisotopic (exact) mass is 403 g/mol. The number of piperidine rings is 1. The standard InChI is InChI=1S/C23H29N7/c1-2-18-15-21(26-22(25-18)19-10-5-6-12-24-19)29-13-8-9-17(16-29)23-28-27-20-11-4-3-7-14-30(20)23/h5-6,10,12,15,17H,2-4,7-9,11,13-14,16H2,1H3. The summed E-state index contributed by atoms with van der Waals surface area (Å²) in [6.45, 7) is 5.14. The maximum atomic E-state index is 4.90. The van der Waals surface area contributed by atoms with Crippen molar-refractivity contribution < 1.29 is 0 Å². The van der Waals surface area contributed by atoms with Crippen LogP contribution in [0.3, 0.4) is 0 Å². The van der Waals surface area contributed by atoms with Crippen molar-refractivity contribution in [2.24, 2.45) is 0 Å². The minimum atomic E-state index is 0.399. The molecule has 0 N–H and O–H groups in total. The molecule has 30 heavy (non-hydrogen) atoms. The number of fused-ring (bicyclic) bond motifs is 1. The number of hydrogen-bond acceptors (Lipinski definition) is 6. The van der Waals surface area contributed by atoms with Crippen LogP contribution in [0.1, 0.15) is 62.3 Å². The highest BCUT2D eigenvalue weighted by Gasteiger charge is 2.28. The molecule has 3 aromatic heterocycles. The average Bonchev–Trinajstić information content (AvgIpc) is 3.07. The second kappa shape index (κ2) is 8.50. The van der Waals surface area contributed by atoms with E-state index in [1.807, 2.05) is 18.2 Å². The van der Waals surface area contributed by atoms with Crippen LogP contribution < -0.4 is 4.90 Å². The molecule has 0 bridgehead atoms. The molecule has 2 aliphatic heterocycles. The van der Waals surface area contributed by atoms with Gasteiger partial charge in [-0.15, -0.1) is 10.2 Å². The van der Waals surface area contributed by atoms with Gasteiger partial charge in [-0.05, 0) is 44.2 Å². The van der Waals surface area contributed by atoms with Crippen LogP contribution in [0.2, 0.25) is 0 Å². The van der Waals surface area contributed by atoms with Crippen molar-refractivity contribution in [1.29, 1.82) is 0 Å². The third-order valence-electron chi connectivity index (χ3n) is 6.27. The molecule has 1 fully saturated rings. The van der Waals surface area contributed by atoms with Crippen LogP contribution in [-0.2, 0) is 19.4 Å². The largest absolute Gasteiger partial charge is 0.356 e. The maximum Gasteiger partial charge on any atom is 0.180 e. The minimum absolute atomic E-state index is 0.399. The van der Waals surface area contributed by atoms with Gasteiger partial charge in [0.05, 0.1) is 0 Å². The van der Waals surface area contributed by atoms with Crippen LogP contribution in [0, 0.1) is 0 Å². The number of nitrogens with zero attached hydrogens (tertiary/aromatic N) is 7. The third kappa shape index (κ3) is 3.80. The fourth-order valence-corrected chi connectivity index (χ4v) is 4.64. The Hall–Kier alpha value is -2.83. The summed E-state index contributed by atoms with van der Waals surface area (Å²) in [5.41, 5.74) is 1.88. The predicted octanol–water partition coefficient (Wildman–Crippen LogP) is 3.80.